The Morgan fingerprint density at radius 1 is 1.04 bits per heavy atom. The van der Waals surface area contributed by atoms with E-state index in [1.807, 2.05) is 29.6 Å². The number of carbonyl (C=O) groups excluding carboxylic acids is 2. The highest BCUT2D eigenvalue weighted by molar-refractivity contribution is 6.09. The molecule has 4 rings (SSSR count). The van der Waals surface area contributed by atoms with Crippen molar-refractivity contribution in [3.05, 3.63) is 71.5 Å². The Morgan fingerprint density at radius 2 is 1.79 bits per heavy atom. The number of amides is 2. The molecule has 0 bridgehead atoms. The molecule has 136 valence electrons. The third-order valence-electron chi connectivity index (χ3n) is 4.15. The highest BCUT2D eigenvalue weighted by Crippen LogP contribution is 2.36. The summed E-state index contributed by atoms with van der Waals surface area (Å²) in [4.78, 5) is 22.6. The predicted octanol–water partition coefficient (Wildman–Crippen LogP) is 3.82. The molecule has 28 heavy (non-hydrogen) atoms. The number of phenols is 1. The summed E-state index contributed by atoms with van der Waals surface area (Å²) in [6, 6.07) is 17.3. The molecule has 1 saturated heterocycles. The summed E-state index contributed by atoms with van der Waals surface area (Å²) in [6.45, 7) is 0. The third kappa shape index (κ3) is 3.10. The van der Waals surface area contributed by atoms with Gasteiger partial charge in [0.05, 0.1) is 11.6 Å². The average Bonchev–Trinajstić information content (AvgIpc) is 3.01. The van der Waals surface area contributed by atoms with Crippen LogP contribution in [0.25, 0.3) is 16.8 Å². The van der Waals surface area contributed by atoms with Gasteiger partial charge in [-0.3, -0.25) is 10.1 Å². The molecule has 0 atom stereocenters. The van der Waals surface area contributed by atoms with E-state index in [2.05, 4.69) is 6.07 Å². The van der Waals surface area contributed by atoms with E-state index in [0.717, 1.165) is 10.8 Å². The quantitative estimate of drug-likeness (QED) is 0.677. The third-order valence-corrected chi connectivity index (χ3v) is 4.15. The van der Waals surface area contributed by atoms with E-state index in [1.54, 1.807) is 18.2 Å². The fraction of sp³-hybridized carbons (Fsp3) is 0. The van der Waals surface area contributed by atoms with Crippen molar-refractivity contribution >= 4 is 28.8 Å². The van der Waals surface area contributed by atoms with E-state index >= 15 is 0 Å². The SMILES string of the molecule is N#Cc1ccc(Oc2ccc(/C=C3\OC(=O)NC3=O)cc2O)c2ccccc12. The second-order valence-electron chi connectivity index (χ2n) is 5.95. The van der Waals surface area contributed by atoms with Crippen molar-refractivity contribution < 1.29 is 24.2 Å². The number of rotatable bonds is 3. The smallest absolute Gasteiger partial charge is 0.419 e. The molecular weight excluding hydrogens is 360 g/mol. The lowest BCUT2D eigenvalue weighted by Crippen LogP contribution is -2.18. The summed E-state index contributed by atoms with van der Waals surface area (Å²) in [7, 11) is 0. The van der Waals surface area contributed by atoms with Crippen molar-refractivity contribution in [1.29, 1.82) is 5.26 Å². The van der Waals surface area contributed by atoms with E-state index in [4.69, 9.17) is 9.47 Å². The van der Waals surface area contributed by atoms with Crippen LogP contribution >= 0.6 is 0 Å². The molecule has 1 fully saturated rings. The lowest BCUT2D eigenvalue weighted by Gasteiger charge is -2.11. The van der Waals surface area contributed by atoms with E-state index in [-0.39, 0.29) is 17.3 Å². The average molecular weight is 372 g/mol. The first-order valence-electron chi connectivity index (χ1n) is 8.23. The van der Waals surface area contributed by atoms with Gasteiger partial charge in [-0.1, -0.05) is 30.3 Å². The number of nitrogens with zero attached hydrogens (tertiary/aromatic N) is 1. The fourth-order valence-electron chi connectivity index (χ4n) is 2.86. The summed E-state index contributed by atoms with van der Waals surface area (Å²) < 4.78 is 10.6. The van der Waals surface area contributed by atoms with Crippen LogP contribution in [-0.2, 0) is 9.53 Å². The molecule has 0 unspecified atom stereocenters. The number of nitriles is 1. The van der Waals surface area contributed by atoms with Gasteiger partial charge in [0.1, 0.15) is 5.75 Å². The predicted molar refractivity (Wildman–Crippen MR) is 99.4 cm³/mol. The molecule has 3 aromatic carbocycles. The van der Waals surface area contributed by atoms with E-state index < -0.39 is 12.0 Å². The molecule has 1 aliphatic heterocycles. The number of benzene rings is 3. The Labute approximate surface area is 159 Å². The van der Waals surface area contributed by atoms with Crippen LogP contribution in [0.2, 0.25) is 0 Å². The normalized spacial score (nSPS) is 14.6. The number of hydrogen-bond donors (Lipinski definition) is 2. The van der Waals surface area contributed by atoms with Crippen LogP contribution in [0.5, 0.6) is 17.2 Å². The molecule has 0 spiro atoms. The van der Waals surface area contributed by atoms with Crippen molar-refractivity contribution in [2.45, 2.75) is 0 Å². The number of carbonyl (C=O) groups is 2. The first-order valence-corrected chi connectivity index (χ1v) is 8.23. The Hall–Kier alpha value is -4.31. The first kappa shape index (κ1) is 17.1. The minimum absolute atomic E-state index is 0.156. The lowest BCUT2D eigenvalue weighted by atomic mass is 10.0. The van der Waals surface area contributed by atoms with Gasteiger partial charge < -0.3 is 14.6 Å². The van der Waals surface area contributed by atoms with E-state index in [1.165, 1.54) is 18.2 Å². The van der Waals surface area contributed by atoms with Gasteiger partial charge in [-0.15, -0.1) is 0 Å². The number of cyclic esters (lactones) is 1. The van der Waals surface area contributed by atoms with Crippen LogP contribution in [-0.4, -0.2) is 17.1 Å². The molecule has 0 aromatic heterocycles. The maximum atomic E-state index is 11.5. The first-order chi connectivity index (χ1) is 13.5. The molecule has 7 nitrogen and oxygen atoms in total. The number of fused-ring (bicyclic) bond motifs is 1. The van der Waals surface area contributed by atoms with Crippen molar-refractivity contribution in [3.8, 4) is 23.3 Å². The van der Waals surface area contributed by atoms with Gasteiger partial charge in [0, 0.05) is 10.8 Å². The number of imide groups is 1. The summed E-state index contributed by atoms with van der Waals surface area (Å²) in [5.74, 6) is -0.275. The molecular formula is C21H12N2O5. The molecule has 0 aliphatic carbocycles. The summed E-state index contributed by atoms with van der Waals surface area (Å²) in [5, 5.41) is 23.0. The maximum Gasteiger partial charge on any atom is 0.419 e. The van der Waals surface area contributed by atoms with Gasteiger partial charge in [0.15, 0.2) is 17.3 Å². The van der Waals surface area contributed by atoms with Gasteiger partial charge in [-0.2, -0.15) is 5.26 Å². The standard InChI is InChI=1S/C21H12N2O5/c22-11-13-6-8-17(15-4-2-1-3-14(13)15)27-18-7-5-12(9-16(18)24)10-19-20(25)23-21(26)28-19/h1-10,24H,(H,23,25,26)/b19-10-. The maximum absolute atomic E-state index is 11.5. The van der Waals surface area contributed by atoms with Crippen LogP contribution in [0.3, 0.4) is 0 Å². The van der Waals surface area contributed by atoms with Crippen LogP contribution in [0, 0.1) is 11.3 Å². The molecule has 2 N–H and O–H groups in total. The zero-order valence-corrected chi connectivity index (χ0v) is 14.3. The Balaban J connectivity index is 1.66. The minimum Gasteiger partial charge on any atom is -0.504 e. The second kappa shape index (κ2) is 6.78. The number of phenolic OH excluding ortho intramolecular Hbond substituents is 1. The number of ether oxygens (including phenoxy) is 2. The van der Waals surface area contributed by atoms with Crippen LogP contribution in [0.15, 0.2) is 60.4 Å². The van der Waals surface area contributed by atoms with Crippen LogP contribution < -0.4 is 10.1 Å². The Kier molecular flexibility index (Phi) is 4.14. The monoisotopic (exact) mass is 372 g/mol. The zero-order chi connectivity index (χ0) is 19.7. The highest BCUT2D eigenvalue weighted by Gasteiger charge is 2.26. The Morgan fingerprint density at radius 3 is 2.46 bits per heavy atom. The lowest BCUT2D eigenvalue weighted by molar-refractivity contribution is -0.116. The molecule has 1 aliphatic rings. The molecule has 7 heteroatoms. The van der Waals surface area contributed by atoms with Gasteiger partial charge in [0.2, 0.25) is 0 Å². The molecule has 2 amide bonds. The number of hydrogen-bond acceptors (Lipinski definition) is 6. The zero-order valence-electron chi connectivity index (χ0n) is 14.3. The largest absolute Gasteiger partial charge is 0.504 e. The molecule has 0 radical (unpaired) electrons. The number of alkyl carbamates (subject to hydrolysis) is 1. The number of aromatic hydroxyl groups is 1. The van der Waals surface area contributed by atoms with Gasteiger partial charge in [-0.25, -0.2) is 4.79 Å². The van der Waals surface area contributed by atoms with Crippen LogP contribution in [0.1, 0.15) is 11.1 Å². The summed E-state index contributed by atoms with van der Waals surface area (Å²) in [5.41, 5.74) is 0.980. The van der Waals surface area contributed by atoms with Crippen molar-refractivity contribution in [3.63, 3.8) is 0 Å². The van der Waals surface area contributed by atoms with Gasteiger partial charge in [0.25, 0.3) is 5.91 Å². The summed E-state index contributed by atoms with van der Waals surface area (Å²) in [6.07, 6.45) is 0.494. The topological polar surface area (TPSA) is 109 Å². The van der Waals surface area contributed by atoms with Crippen LogP contribution in [0.4, 0.5) is 4.79 Å². The van der Waals surface area contributed by atoms with Crippen molar-refractivity contribution in [2.24, 2.45) is 0 Å². The second-order valence-corrected chi connectivity index (χ2v) is 5.95. The minimum atomic E-state index is -0.840. The van der Waals surface area contributed by atoms with Gasteiger partial charge >= 0.3 is 6.09 Å². The molecule has 1 heterocycles. The summed E-state index contributed by atoms with van der Waals surface area (Å²) >= 11 is 0. The van der Waals surface area contributed by atoms with E-state index in [0.29, 0.717) is 16.9 Å². The van der Waals surface area contributed by atoms with E-state index in [9.17, 15) is 20.0 Å². The Bertz CT molecular complexity index is 1210. The highest BCUT2D eigenvalue weighted by atomic mass is 16.6. The molecule has 0 saturated carbocycles. The number of nitrogens with one attached hydrogen (secondary N) is 1. The molecule has 3 aromatic rings. The van der Waals surface area contributed by atoms with Crippen molar-refractivity contribution in [2.75, 3.05) is 0 Å². The van der Waals surface area contributed by atoms with Gasteiger partial charge in [-0.05, 0) is 35.9 Å². The fourth-order valence-corrected chi connectivity index (χ4v) is 2.86. The van der Waals surface area contributed by atoms with Crippen molar-refractivity contribution in [1.82, 2.24) is 5.32 Å².